The summed E-state index contributed by atoms with van der Waals surface area (Å²) in [5, 5.41) is 51.7. The van der Waals surface area contributed by atoms with Gasteiger partial charge in [-0.2, -0.15) is 10.4 Å². The number of carbonyl (C=O) groups excluding carboxylic acids is 2. The van der Waals surface area contributed by atoms with Crippen LogP contribution in [0.25, 0.3) is 33.9 Å². The number of hydrogen-bond donors (Lipinski definition) is 6. The van der Waals surface area contributed by atoms with Crippen LogP contribution in [-0.4, -0.2) is 106 Å². The van der Waals surface area contributed by atoms with Gasteiger partial charge in [-0.15, -0.1) is 20.4 Å². The summed E-state index contributed by atoms with van der Waals surface area (Å²) in [6.45, 7) is 0. The summed E-state index contributed by atoms with van der Waals surface area (Å²) in [5.74, 6) is 0.944. The van der Waals surface area contributed by atoms with Crippen molar-refractivity contribution in [1.29, 1.82) is 0 Å². The van der Waals surface area contributed by atoms with E-state index in [1.54, 1.807) is 73.1 Å². The van der Waals surface area contributed by atoms with Gasteiger partial charge in [0, 0.05) is 59.7 Å². The lowest BCUT2D eigenvalue weighted by atomic mass is 9.77. The zero-order valence-corrected chi connectivity index (χ0v) is 43.7. The van der Waals surface area contributed by atoms with Gasteiger partial charge in [-0.3, -0.25) is 9.59 Å². The van der Waals surface area contributed by atoms with Crippen LogP contribution in [0.15, 0.2) is 126 Å². The lowest BCUT2D eigenvalue weighted by Crippen LogP contribution is -2.34. The number of tetrazole rings is 2. The minimum absolute atomic E-state index is 0.00817. The molecule has 0 spiro atoms. The van der Waals surface area contributed by atoms with Gasteiger partial charge in [0.1, 0.15) is 11.6 Å². The van der Waals surface area contributed by atoms with E-state index in [1.807, 2.05) is 50.5 Å². The molecule has 18 nitrogen and oxygen atoms in total. The summed E-state index contributed by atoms with van der Waals surface area (Å²) in [5.41, 5.74) is 5.34. The molecule has 0 unspecified atom stereocenters. The monoisotopic (exact) mass is 1090 g/mol. The SMILES string of the molecule is CN(c1ncc(-c2ccccc2-c2nn[nH]n2)cc1NC(=O)Cc1ccccc1F)C1CCCCC1.CN(c1ncc(Br)cc1NC(=O)Cc1ccccc1F)C1CCCCC1.OB(O)c1ccccc1-c1nn[nH]n1. The standard InChI is InChI=1S/C27H28FN7O.C20H23BrFN3O.C7H7BN4O2/c1-35(20-10-3-2-4-11-20)27-24(30-25(36)16-18-9-5-8-14-23(18)28)15-19(17-29-27)21-12-6-7-13-22(21)26-31-33-34-32-26;1-25(16-8-3-2-4-9-16)20-18(12-15(21)13-23-20)24-19(26)11-14-7-5-6-10-17(14)22;13-8(14)6-4-2-1-3-5(6)7-9-11-12-10-7/h5-9,12-15,17,20H,2-4,10-11,16H2,1H3,(H,30,36)(H,31,32,33,34);5-7,10,12-13,16H,2-4,8-9,11H2,1H3,(H,24,26);1-4,13-14H,(H,9,10,11,12). The largest absolute Gasteiger partial charge is 0.489 e. The molecule has 2 fully saturated rings. The molecule has 4 aromatic carbocycles. The van der Waals surface area contributed by atoms with Crippen LogP contribution in [0.3, 0.4) is 0 Å². The third-order valence-electron chi connectivity index (χ3n) is 13.4. The third kappa shape index (κ3) is 14.3. The van der Waals surface area contributed by atoms with Gasteiger partial charge >= 0.3 is 7.12 Å². The van der Waals surface area contributed by atoms with Crippen molar-refractivity contribution in [2.75, 3.05) is 34.5 Å². The Morgan fingerprint density at radius 1 is 0.618 bits per heavy atom. The summed E-state index contributed by atoms with van der Waals surface area (Å²) in [4.78, 5) is 39.1. The molecule has 2 saturated carbocycles. The molecule has 6 N–H and O–H groups in total. The minimum atomic E-state index is -1.54. The molecule has 0 bridgehead atoms. The van der Waals surface area contributed by atoms with Crippen LogP contribution < -0.4 is 25.9 Å². The first-order valence-electron chi connectivity index (χ1n) is 25.1. The van der Waals surface area contributed by atoms with Gasteiger partial charge in [-0.25, -0.2) is 18.7 Å². The molecule has 10 rings (SSSR count). The predicted molar refractivity (Wildman–Crippen MR) is 292 cm³/mol. The highest BCUT2D eigenvalue weighted by Crippen LogP contribution is 2.36. The molecule has 22 heteroatoms. The van der Waals surface area contributed by atoms with E-state index in [2.05, 4.69) is 82.6 Å². The maximum absolute atomic E-state index is 14.2. The quantitative estimate of drug-likeness (QED) is 0.0560. The molecule has 0 saturated heterocycles. The van der Waals surface area contributed by atoms with E-state index < -0.39 is 12.9 Å². The van der Waals surface area contributed by atoms with E-state index in [4.69, 9.17) is 15.0 Å². The molecular weight excluding hydrogens is 1040 g/mol. The van der Waals surface area contributed by atoms with E-state index in [1.165, 1.54) is 50.7 Å². The molecular formula is C54H58BBrF2N14O4. The second-order valence-electron chi connectivity index (χ2n) is 18.5. The molecule has 76 heavy (non-hydrogen) atoms. The number of H-pyrrole nitrogens is 2. The van der Waals surface area contributed by atoms with Crippen LogP contribution in [-0.2, 0) is 22.4 Å². The molecule has 0 atom stereocenters. The number of carbonyl (C=O) groups is 2. The number of anilines is 4. The van der Waals surface area contributed by atoms with E-state index in [-0.39, 0.29) is 30.5 Å². The fourth-order valence-corrected chi connectivity index (χ4v) is 9.82. The molecule has 0 radical (unpaired) electrons. The lowest BCUT2D eigenvalue weighted by Gasteiger charge is -2.33. The van der Waals surface area contributed by atoms with E-state index >= 15 is 0 Å². The summed E-state index contributed by atoms with van der Waals surface area (Å²) in [6.07, 6.45) is 15.2. The topological polar surface area (TPSA) is 240 Å². The second-order valence-corrected chi connectivity index (χ2v) is 19.5. The molecule has 392 valence electrons. The number of nitrogens with one attached hydrogen (secondary N) is 4. The average Bonchev–Trinajstić information content (AvgIpc) is 4.21. The maximum Gasteiger partial charge on any atom is 0.489 e. The second kappa shape index (κ2) is 26.6. The number of rotatable bonds is 14. The van der Waals surface area contributed by atoms with Gasteiger partial charge in [0.15, 0.2) is 11.6 Å². The molecule has 4 heterocycles. The zero-order chi connectivity index (χ0) is 53.4. The Labute approximate surface area is 447 Å². The molecule has 2 aliphatic rings. The van der Waals surface area contributed by atoms with Crippen LogP contribution in [0.5, 0.6) is 0 Å². The Balaban J connectivity index is 0.000000166. The Bertz CT molecular complexity index is 3160. The molecule has 8 aromatic rings. The lowest BCUT2D eigenvalue weighted by molar-refractivity contribution is -0.116. The van der Waals surface area contributed by atoms with Gasteiger partial charge in [-0.1, -0.05) is 123 Å². The third-order valence-corrected chi connectivity index (χ3v) is 13.9. The van der Waals surface area contributed by atoms with Gasteiger partial charge in [0.2, 0.25) is 23.5 Å². The fourth-order valence-electron chi connectivity index (χ4n) is 9.49. The first-order valence-corrected chi connectivity index (χ1v) is 25.9. The van der Waals surface area contributed by atoms with Crippen molar-refractivity contribution >= 4 is 63.3 Å². The van der Waals surface area contributed by atoms with Gasteiger partial charge in [0.25, 0.3) is 0 Å². The van der Waals surface area contributed by atoms with Crippen molar-refractivity contribution in [2.24, 2.45) is 0 Å². The van der Waals surface area contributed by atoms with E-state index in [0.29, 0.717) is 63.1 Å². The van der Waals surface area contributed by atoms with Gasteiger partial charge < -0.3 is 30.5 Å². The summed E-state index contributed by atoms with van der Waals surface area (Å²) < 4.78 is 28.8. The van der Waals surface area contributed by atoms with E-state index in [9.17, 15) is 18.4 Å². The van der Waals surface area contributed by atoms with Crippen molar-refractivity contribution in [2.45, 2.75) is 89.1 Å². The summed E-state index contributed by atoms with van der Waals surface area (Å²) in [7, 11) is 2.51. The van der Waals surface area contributed by atoms with E-state index in [0.717, 1.165) is 52.7 Å². The predicted octanol–water partition coefficient (Wildman–Crippen LogP) is 8.50. The van der Waals surface area contributed by atoms with Crippen LogP contribution >= 0.6 is 15.9 Å². The van der Waals surface area contributed by atoms with Crippen molar-refractivity contribution < 1.29 is 28.4 Å². The Morgan fingerprint density at radius 3 is 1.57 bits per heavy atom. The van der Waals surface area contributed by atoms with Crippen LogP contribution in [0.1, 0.15) is 75.3 Å². The molecule has 2 amide bonds. The number of amides is 2. The maximum atomic E-state index is 14.2. The Hall–Kier alpha value is -7.82. The van der Waals surface area contributed by atoms with Crippen LogP contribution in [0.2, 0.25) is 0 Å². The average molecular weight is 1100 g/mol. The molecule has 4 aromatic heterocycles. The van der Waals surface area contributed by atoms with Gasteiger partial charge in [-0.05, 0) is 98.5 Å². The summed E-state index contributed by atoms with van der Waals surface area (Å²) in [6, 6.07) is 31.7. The van der Waals surface area contributed by atoms with Crippen LogP contribution in [0, 0.1) is 11.6 Å². The molecule has 2 aliphatic carbocycles. The van der Waals surface area contributed by atoms with Crippen molar-refractivity contribution in [3.63, 3.8) is 0 Å². The first kappa shape index (κ1) is 54.4. The van der Waals surface area contributed by atoms with Crippen molar-refractivity contribution in [1.82, 2.24) is 51.2 Å². The highest BCUT2D eigenvalue weighted by molar-refractivity contribution is 9.10. The zero-order valence-electron chi connectivity index (χ0n) is 42.1. The normalized spacial score (nSPS) is 13.6. The number of halogens is 3. The Morgan fingerprint density at radius 2 is 1.07 bits per heavy atom. The van der Waals surface area contributed by atoms with Gasteiger partial charge in [0.05, 0.1) is 24.2 Å². The minimum Gasteiger partial charge on any atom is -0.423 e. The van der Waals surface area contributed by atoms with Crippen molar-refractivity contribution in [3.8, 4) is 33.9 Å². The highest BCUT2D eigenvalue weighted by atomic mass is 79.9. The number of hydrogen-bond acceptors (Lipinski definition) is 14. The molecule has 0 aliphatic heterocycles. The number of benzene rings is 4. The fraction of sp³-hybridized carbons (Fsp3) is 0.296. The highest BCUT2D eigenvalue weighted by Gasteiger charge is 2.25. The first-order chi connectivity index (χ1) is 36.9. The van der Waals surface area contributed by atoms with Crippen molar-refractivity contribution in [3.05, 3.63) is 149 Å². The number of pyridine rings is 2. The Kier molecular flexibility index (Phi) is 19.1. The summed E-state index contributed by atoms with van der Waals surface area (Å²) >= 11 is 3.42. The number of aromatic amines is 2. The van der Waals surface area contributed by atoms with Crippen LogP contribution in [0.4, 0.5) is 31.8 Å². The smallest absolute Gasteiger partial charge is 0.423 e. The number of nitrogens with zero attached hydrogens (tertiary/aromatic N) is 10. The number of aromatic nitrogens is 10.